The van der Waals surface area contributed by atoms with Gasteiger partial charge in [-0.25, -0.2) is 0 Å². The highest BCUT2D eigenvalue weighted by Crippen LogP contribution is 2.23. The number of aliphatic hydroxyl groups is 1. The van der Waals surface area contributed by atoms with Crippen LogP contribution in [-0.4, -0.2) is 22.3 Å². The number of carbonyl (C=O) groups is 1. The second-order valence-corrected chi connectivity index (χ2v) is 2.86. The fraction of sp³-hybridized carbons (Fsp3) is 0.909. The summed E-state index contributed by atoms with van der Waals surface area (Å²) in [7, 11) is 0. The number of rotatable bonds is 1. The van der Waals surface area contributed by atoms with Crippen LogP contribution in [0.3, 0.4) is 0 Å². The molecule has 0 spiro atoms. The van der Waals surface area contributed by atoms with E-state index >= 15 is 0 Å². The van der Waals surface area contributed by atoms with Gasteiger partial charge in [0.2, 0.25) is 0 Å². The molecule has 0 saturated heterocycles. The molecule has 1 rings (SSSR count). The highest BCUT2D eigenvalue weighted by molar-refractivity contribution is 5.70. The fourth-order valence-electron chi connectivity index (χ4n) is 1.39. The topological polar surface area (TPSA) is 57.5 Å². The van der Waals surface area contributed by atoms with E-state index in [2.05, 4.69) is 0 Å². The third kappa shape index (κ3) is 6.89. The van der Waals surface area contributed by atoms with Crippen molar-refractivity contribution >= 4 is 5.97 Å². The lowest BCUT2D eigenvalue weighted by Crippen LogP contribution is -2.25. The van der Waals surface area contributed by atoms with Gasteiger partial charge in [0.1, 0.15) is 0 Å². The first-order chi connectivity index (χ1) is 6.70. The van der Waals surface area contributed by atoms with Crippen LogP contribution < -0.4 is 0 Å². The molecule has 1 aliphatic carbocycles. The average Bonchev–Trinajstić information content (AvgIpc) is 2.24. The number of carboxylic acids is 1. The first-order valence-corrected chi connectivity index (χ1v) is 5.61. The maximum Gasteiger partial charge on any atom is 0.306 e. The van der Waals surface area contributed by atoms with Crippen LogP contribution in [0, 0.1) is 5.92 Å². The van der Waals surface area contributed by atoms with Crippen LogP contribution in [0.2, 0.25) is 0 Å². The summed E-state index contributed by atoms with van der Waals surface area (Å²) in [6.45, 7) is 8.00. The molecule has 1 fully saturated rings. The first-order valence-electron chi connectivity index (χ1n) is 5.61. The predicted molar refractivity (Wildman–Crippen MR) is 58.3 cm³/mol. The zero-order valence-electron chi connectivity index (χ0n) is 9.79. The van der Waals surface area contributed by atoms with E-state index in [4.69, 9.17) is 10.2 Å². The smallest absolute Gasteiger partial charge is 0.306 e. The molecule has 2 N–H and O–H groups in total. The minimum absolute atomic E-state index is 0.302. The second kappa shape index (κ2) is 10.5. The molecule has 2 atom stereocenters. The highest BCUT2D eigenvalue weighted by atomic mass is 16.4. The van der Waals surface area contributed by atoms with Crippen LogP contribution >= 0.6 is 0 Å². The first kappa shape index (κ1) is 15.9. The maximum absolute atomic E-state index is 10.4. The van der Waals surface area contributed by atoms with Crippen LogP contribution in [0.25, 0.3) is 0 Å². The predicted octanol–water partition coefficient (Wildman–Crippen LogP) is 2.67. The summed E-state index contributed by atoms with van der Waals surface area (Å²) in [6.07, 6.45) is 2.40. The van der Waals surface area contributed by atoms with Gasteiger partial charge in [0.05, 0.1) is 12.0 Å². The summed E-state index contributed by atoms with van der Waals surface area (Å²) in [5.74, 6) is -1.07. The molecule has 0 radical (unpaired) electrons. The fourth-order valence-corrected chi connectivity index (χ4v) is 1.39. The van der Waals surface area contributed by atoms with Crippen molar-refractivity contribution in [2.75, 3.05) is 0 Å². The lowest BCUT2D eigenvalue weighted by Gasteiger charge is -2.21. The van der Waals surface area contributed by atoms with Gasteiger partial charge in [-0.3, -0.25) is 4.79 Å². The summed E-state index contributed by atoms with van der Waals surface area (Å²) < 4.78 is 0. The Hall–Kier alpha value is -0.570. The molecule has 0 heterocycles. The van der Waals surface area contributed by atoms with Crippen molar-refractivity contribution in [2.24, 2.45) is 5.92 Å². The SMILES string of the molecule is CC.CC.O=C(O)[C@@H]1CCC[C@H](O)C1. The van der Waals surface area contributed by atoms with E-state index in [9.17, 15) is 4.79 Å². The van der Waals surface area contributed by atoms with E-state index in [0.29, 0.717) is 6.42 Å². The number of carboxylic acid groups (broad SMARTS) is 1. The van der Waals surface area contributed by atoms with Crippen LogP contribution in [-0.2, 0) is 4.79 Å². The zero-order chi connectivity index (χ0) is 11.6. The third-order valence-electron chi connectivity index (χ3n) is 2.00. The number of aliphatic carboxylic acids is 1. The lowest BCUT2D eigenvalue weighted by atomic mass is 9.87. The molecule has 0 unspecified atom stereocenters. The molecule has 0 aromatic rings. The molecule has 14 heavy (non-hydrogen) atoms. The Morgan fingerprint density at radius 3 is 1.93 bits per heavy atom. The Bertz CT molecular complexity index is 134. The Kier molecular flexibility index (Phi) is 11.9. The van der Waals surface area contributed by atoms with Crippen molar-refractivity contribution in [3.63, 3.8) is 0 Å². The minimum Gasteiger partial charge on any atom is -0.481 e. The average molecular weight is 204 g/mol. The van der Waals surface area contributed by atoms with Crippen molar-refractivity contribution < 1.29 is 15.0 Å². The van der Waals surface area contributed by atoms with Gasteiger partial charge >= 0.3 is 5.97 Å². The van der Waals surface area contributed by atoms with Gasteiger partial charge in [-0.05, 0) is 19.3 Å². The Morgan fingerprint density at radius 2 is 1.64 bits per heavy atom. The Balaban J connectivity index is 0. The molecule has 1 aliphatic rings. The molecule has 3 nitrogen and oxygen atoms in total. The zero-order valence-corrected chi connectivity index (χ0v) is 9.79. The van der Waals surface area contributed by atoms with E-state index in [0.717, 1.165) is 19.3 Å². The maximum atomic E-state index is 10.4. The van der Waals surface area contributed by atoms with Crippen molar-refractivity contribution in [1.29, 1.82) is 0 Å². The Labute approximate surface area is 87.1 Å². The largest absolute Gasteiger partial charge is 0.481 e. The van der Waals surface area contributed by atoms with Crippen molar-refractivity contribution in [3.05, 3.63) is 0 Å². The van der Waals surface area contributed by atoms with E-state index in [1.54, 1.807) is 0 Å². The van der Waals surface area contributed by atoms with Crippen LogP contribution in [0.5, 0.6) is 0 Å². The van der Waals surface area contributed by atoms with Gasteiger partial charge in [0.15, 0.2) is 0 Å². The standard InChI is InChI=1S/C7H12O3.2C2H6/c8-6-3-1-2-5(4-6)7(9)10;2*1-2/h5-6,8H,1-4H2,(H,9,10);2*1-2H3/t5-,6+;;/m1../s1. The summed E-state index contributed by atoms with van der Waals surface area (Å²) in [5.41, 5.74) is 0. The summed E-state index contributed by atoms with van der Waals surface area (Å²) in [6, 6.07) is 0. The van der Waals surface area contributed by atoms with Crippen molar-refractivity contribution in [3.8, 4) is 0 Å². The highest BCUT2D eigenvalue weighted by Gasteiger charge is 2.25. The minimum atomic E-state index is -0.765. The number of hydrogen-bond donors (Lipinski definition) is 2. The summed E-state index contributed by atoms with van der Waals surface area (Å²) in [4.78, 5) is 10.4. The molecule has 0 amide bonds. The summed E-state index contributed by atoms with van der Waals surface area (Å²) >= 11 is 0. The molecular weight excluding hydrogens is 180 g/mol. The molecule has 0 aromatic carbocycles. The van der Waals surface area contributed by atoms with E-state index in [-0.39, 0.29) is 12.0 Å². The van der Waals surface area contributed by atoms with Crippen molar-refractivity contribution in [1.82, 2.24) is 0 Å². The van der Waals surface area contributed by atoms with Gasteiger partial charge in [-0.1, -0.05) is 34.1 Å². The molecule has 3 heteroatoms. The molecule has 0 aliphatic heterocycles. The van der Waals surface area contributed by atoms with Gasteiger partial charge in [-0.2, -0.15) is 0 Å². The van der Waals surface area contributed by atoms with Crippen LogP contribution in [0.4, 0.5) is 0 Å². The van der Waals surface area contributed by atoms with Gasteiger partial charge < -0.3 is 10.2 Å². The molecular formula is C11H24O3. The van der Waals surface area contributed by atoms with E-state index in [1.165, 1.54) is 0 Å². The summed E-state index contributed by atoms with van der Waals surface area (Å²) in [5, 5.41) is 17.6. The molecule has 0 bridgehead atoms. The van der Waals surface area contributed by atoms with Gasteiger partial charge in [0, 0.05) is 0 Å². The van der Waals surface area contributed by atoms with Crippen molar-refractivity contribution in [2.45, 2.75) is 59.5 Å². The van der Waals surface area contributed by atoms with Gasteiger partial charge in [-0.15, -0.1) is 0 Å². The van der Waals surface area contributed by atoms with Crippen LogP contribution in [0.15, 0.2) is 0 Å². The van der Waals surface area contributed by atoms with Gasteiger partial charge in [0.25, 0.3) is 0 Å². The van der Waals surface area contributed by atoms with E-state index in [1.807, 2.05) is 27.7 Å². The molecule has 0 aromatic heterocycles. The lowest BCUT2D eigenvalue weighted by molar-refractivity contribution is -0.144. The second-order valence-electron chi connectivity index (χ2n) is 2.86. The number of hydrogen-bond acceptors (Lipinski definition) is 2. The van der Waals surface area contributed by atoms with Crippen LogP contribution in [0.1, 0.15) is 53.4 Å². The quantitative estimate of drug-likeness (QED) is 0.690. The monoisotopic (exact) mass is 204 g/mol. The Morgan fingerprint density at radius 1 is 1.14 bits per heavy atom. The number of aliphatic hydroxyl groups excluding tert-OH is 1. The molecule has 1 saturated carbocycles. The third-order valence-corrected chi connectivity index (χ3v) is 2.00. The normalized spacial score (nSPS) is 24.9. The molecule has 86 valence electrons. The van der Waals surface area contributed by atoms with E-state index < -0.39 is 5.97 Å².